The first kappa shape index (κ1) is 11.0. The predicted octanol–water partition coefficient (Wildman–Crippen LogP) is 1.96. The molecular weight excluding hydrogens is 273 g/mol. The van der Waals surface area contributed by atoms with Crippen molar-refractivity contribution in [3.8, 4) is 5.69 Å². The van der Waals surface area contributed by atoms with Crippen molar-refractivity contribution in [1.82, 2.24) is 9.78 Å². The van der Waals surface area contributed by atoms with Gasteiger partial charge in [-0.3, -0.25) is 9.46 Å². The molecule has 1 aromatic heterocycles. The fourth-order valence-corrected chi connectivity index (χ4v) is 4.47. The maximum absolute atomic E-state index is 11.2. The van der Waals surface area contributed by atoms with Crippen LogP contribution < -0.4 is 9.97 Å². The molecule has 3 rings (SSSR count). The second-order valence-electron chi connectivity index (χ2n) is 3.57. The number of hydrogen-bond donors (Lipinski definition) is 1. The number of aromatic nitrogens is 2. The maximum atomic E-state index is 11.2. The molecule has 1 aliphatic rings. The summed E-state index contributed by atoms with van der Waals surface area (Å²) in [6.45, 7) is -1.37. The highest BCUT2D eigenvalue weighted by Gasteiger charge is 2.35. The van der Waals surface area contributed by atoms with Crippen molar-refractivity contribution in [3.05, 3.63) is 36.5 Å². The van der Waals surface area contributed by atoms with Gasteiger partial charge in [0.15, 0.2) is 5.82 Å². The van der Waals surface area contributed by atoms with Crippen LogP contribution in [-0.4, -0.2) is 15.0 Å². The van der Waals surface area contributed by atoms with Gasteiger partial charge in [0.25, 0.3) is 5.24 Å². The zero-order valence-corrected chi connectivity index (χ0v) is 11.3. The summed E-state index contributed by atoms with van der Waals surface area (Å²) >= 11 is 9.09. The summed E-state index contributed by atoms with van der Waals surface area (Å²) < 4.78 is 3.25. The molecule has 4 nitrogen and oxygen atoms in total. The van der Waals surface area contributed by atoms with E-state index < -0.39 is 6.85 Å². The minimum absolute atomic E-state index is 0.320. The fourth-order valence-electron chi connectivity index (χ4n) is 1.73. The van der Waals surface area contributed by atoms with Crippen molar-refractivity contribution in [1.29, 1.82) is 0 Å². The second kappa shape index (κ2) is 3.98. The summed E-state index contributed by atoms with van der Waals surface area (Å²) in [6, 6.07) is 9.73. The first-order valence-electron chi connectivity index (χ1n) is 4.91. The van der Waals surface area contributed by atoms with E-state index >= 15 is 0 Å². The van der Waals surface area contributed by atoms with Gasteiger partial charge in [0, 0.05) is 6.20 Å². The van der Waals surface area contributed by atoms with Crippen molar-refractivity contribution in [2.24, 2.45) is 0 Å². The molecule has 1 atom stereocenters. The Morgan fingerprint density at radius 3 is 2.71 bits per heavy atom. The number of carbonyl (C=O) groups excluding carboxylic acids is 1. The van der Waals surface area contributed by atoms with Gasteiger partial charge >= 0.3 is 0 Å². The van der Waals surface area contributed by atoms with E-state index in [9.17, 15) is 4.79 Å². The van der Waals surface area contributed by atoms with E-state index in [2.05, 4.69) is 17.7 Å². The maximum Gasteiger partial charge on any atom is 0.288 e. The van der Waals surface area contributed by atoms with E-state index in [0.29, 0.717) is 5.82 Å². The third-order valence-electron chi connectivity index (χ3n) is 2.55. The van der Waals surface area contributed by atoms with Gasteiger partial charge in [-0.05, 0) is 12.1 Å². The van der Waals surface area contributed by atoms with Crippen LogP contribution in [0.2, 0.25) is 0 Å². The predicted molar refractivity (Wildman–Crippen MR) is 75.7 cm³/mol. The van der Waals surface area contributed by atoms with Crippen molar-refractivity contribution < 1.29 is 4.79 Å². The molecule has 0 radical (unpaired) electrons. The van der Waals surface area contributed by atoms with Gasteiger partial charge in [0.2, 0.25) is 0 Å². The molecule has 0 saturated heterocycles. The SMILES string of the molecule is O=C(S)N1c2nn(-c3ccccc3)cc2[PH]1=S. The lowest BCUT2D eigenvalue weighted by Gasteiger charge is -2.29. The number of thiol groups is 1. The van der Waals surface area contributed by atoms with E-state index in [-0.39, 0.29) is 5.24 Å². The number of anilines is 1. The van der Waals surface area contributed by atoms with E-state index in [1.54, 1.807) is 4.68 Å². The first-order chi connectivity index (χ1) is 8.18. The van der Waals surface area contributed by atoms with E-state index in [1.165, 1.54) is 4.67 Å². The average Bonchev–Trinajstić information content (AvgIpc) is 2.69. The Kier molecular flexibility index (Phi) is 2.58. The van der Waals surface area contributed by atoms with Gasteiger partial charge in [-0.25, -0.2) is 4.68 Å². The largest absolute Gasteiger partial charge is 0.288 e. The fraction of sp³-hybridized carbons (Fsp3) is 0. The molecular formula is C10H8N3OPS2. The molecule has 0 aliphatic carbocycles. The van der Waals surface area contributed by atoms with Crippen LogP contribution in [0.25, 0.3) is 5.69 Å². The molecule has 1 aliphatic heterocycles. The Morgan fingerprint density at radius 2 is 2.06 bits per heavy atom. The molecule has 1 unspecified atom stereocenters. The number of nitrogens with zero attached hydrogens (tertiary/aromatic N) is 3. The standard InChI is InChI=1S/C10H8N3OPS2/c14-10(16)13-9-8(15(13)17)6-12(11-9)7-4-2-1-3-5-7/h1-6,15H,(H,14,16). The zero-order valence-electron chi connectivity index (χ0n) is 8.57. The Balaban J connectivity index is 2.06. The third-order valence-corrected chi connectivity index (χ3v) is 5.78. The number of para-hydroxylation sites is 1. The highest BCUT2D eigenvalue weighted by Crippen LogP contribution is 2.44. The van der Waals surface area contributed by atoms with Crippen molar-refractivity contribution >= 4 is 47.6 Å². The molecule has 1 aromatic carbocycles. The van der Waals surface area contributed by atoms with E-state index in [0.717, 1.165) is 11.0 Å². The van der Waals surface area contributed by atoms with Crippen LogP contribution in [-0.2, 0) is 11.8 Å². The van der Waals surface area contributed by atoms with Crippen molar-refractivity contribution in [3.63, 3.8) is 0 Å². The summed E-state index contributed by atoms with van der Waals surface area (Å²) in [4.78, 5) is 11.2. The Morgan fingerprint density at radius 1 is 1.35 bits per heavy atom. The van der Waals surface area contributed by atoms with Crippen molar-refractivity contribution in [2.75, 3.05) is 4.67 Å². The van der Waals surface area contributed by atoms with Gasteiger partial charge in [-0.15, -0.1) is 5.10 Å². The number of hydrogen-bond acceptors (Lipinski definition) is 3. The summed E-state index contributed by atoms with van der Waals surface area (Å²) in [7, 11) is 0. The summed E-state index contributed by atoms with van der Waals surface area (Å²) in [5, 5.41) is 5.03. The minimum atomic E-state index is -1.37. The van der Waals surface area contributed by atoms with Crippen LogP contribution in [0.5, 0.6) is 0 Å². The molecule has 1 amide bonds. The Hall–Kier alpha value is -1.10. The van der Waals surface area contributed by atoms with Gasteiger partial charge < -0.3 is 0 Å². The second-order valence-corrected chi connectivity index (χ2v) is 6.71. The normalized spacial score (nSPS) is 17.5. The quantitative estimate of drug-likeness (QED) is 0.641. The van der Waals surface area contributed by atoms with Crippen LogP contribution in [0, 0.1) is 0 Å². The number of fused-ring (bicyclic) bond motifs is 1. The number of amides is 1. The lowest BCUT2D eigenvalue weighted by atomic mass is 10.3. The van der Waals surface area contributed by atoms with Crippen LogP contribution in [0.3, 0.4) is 0 Å². The van der Waals surface area contributed by atoms with Crippen molar-refractivity contribution in [2.45, 2.75) is 0 Å². The summed E-state index contributed by atoms with van der Waals surface area (Å²) in [6.07, 6.45) is 1.90. The molecule has 0 N–H and O–H groups in total. The highest BCUT2D eigenvalue weighted by molar-refractivity contribution is 8.12. The number of rotatable bonds is 1. The molecule has 0 saturated carbocycles. The van der Waals surface area contributed by atoms with Gasteiger partial charge in [0.1, 0.15) is 0 Å². The molecule has 17 heavy (non-hydrogen) atoms. The minimum Gasteiger partial charge on any atom is -0.261 e. The Labute approximate surface area is 109 Å². The summed E-state index contributed by atoms with van der Waals surface area (Å²) in [5.41, 5.74) is 0.957. The number of carbonyl (C=O) groups is 1. The zero-order chi connectivity index (χ0) is 12.0. The van der Waals surface area contributed by atoms with Gasteiger partial charge in [-0.2, -0.15) is 0 Å². The topological polar surface area (TPSA) is 38.1 Å². The molecule has 7 heteroatoms. The molecule has 2 heterocycles. The van der Waals surface area contributed by atoms with Crippen LogP contribution in [0.4, 0.5) is 10.6 Å². The molecule has 0 fully saturated rings. The van der Waals surface area contributed by atoms with E-state index in [1.807, 2.05) is 36.5 Å². The molecule has 2 aromatic rings. The smallest absolute Gasteiger partial charge is 0.261 e. The molecule has 0 bridgehead atoms. The third kappa shape index (κ3) is 1.64. The average molecular weight is 281 g/mol. The van der Waals surface area contributed by atoms with Gasteiger partial charge in [-0.1, -0.05) is 42.6 Å². The van der Waals surface area contributed by atoms with Crippen LogP contribution >= 0.6 is 19.5 Å². The molecule has 0 spiro atoms. The van der Waals surface area contributed by atoms with Gasteiger partial charge in [0.05, 0.1) is 17.8 Å². The summed E-state index contributed by atoms with van der Waals surface area (Å²) in [5.74, 6) is 0.651. The highest BCUT2D eigenvalue weighted by atomic mass is 32.4. The lowest BCUT2D eigenvalue weighted by molar-refractivity contribution is 0.268. The monoisotopic (exact) mass is 281 g/mol. The Bertz CT molecular complexity index is 626. The van der Waals surface area contributed by atoms with Crippen LogP contribution in [0.15, 0.2) is 36.5 Å². The lowest BCUT2D eigenvalue weighted by Crippen LogP contribution is -2.33. The first-order valence-corrected chi connectivity index (χ1v) is 7.93. The molecule has 86 valence electrons. The number of benzene rings is 1. The van der Waals surface area contributed by atoms with E-state index in [4.69, 9.17) is 11.8 Å². The van der Waals surface area contributed by atoms with Crippen LogP contribution in [0.1, 0.15) is 0 Å².